The smallest absolute Gasteiger partial charge is 0.236 e. The number of aromatic nitrogens is 1. The Morgan fingerprint density at radius 3 is 2.71 bits per heavy atom. The van der Waals surface area contributed by atoms with Crippen LogP contribution >= 0.6 is 0 Å². The molecule has 6 heteroatoms. The summed E-state index contributed by atoms with van der Waals surface area (Å²) in [6.45, 7) is 4.00. The monoisotopic (exact) mass is 289 g/mol. The zero-order chi connectivity index (χ0) is 14.8. The number of amides is 1. The van der Waals surface area contributed by atoms with Crippen molar-refractivity contribution in [3.8, 4) is 0 Å². The quantitative estimate of drug-likeness (QED) is 0.869. The van der Waals surface area contributed by atoms with Crippen molar-refractivity contribution in [1.82, 2.24) is 14.8 Å². The van der Waals surface area contributed by atoms with E-state index in [0.717, 1.165) is 50.5 Å². The molecule has 1 amide bonds. The van der Waals surface area contributed by atoms with Crippen LogP contribution in [0.1, 0.15) is 12.8 Å². The van der Waals surface area contributed by atoms with E-state index in [0.29, 0.717) is 12.6 Å². The second kappa shape index (κ2) is 5.89. The largest absolute Gasteiger partial charge is 0.396 e. The van der Waals surface area contributed by atoms with Crippen molar-refractivity contribution in [2.24, 2.45) is 0 Å². The van der Waals surface area contributed by atoms with E-state index < -0.39 is 0 Å². The van der Waals surface area contributed by atoms with Crippen LogP contribution in [0.3, 0.4) is 0 Å². The maximum Gasteiger partial charge on any atom is 0.236 e. The molecular formula is C15H23N5O. The van der Waals surface area contributed by atoms with Gasteiger partial charge in [0.05, 0.1) is 12.2 Å². The molecule has 0 bridgehead atoms. The Balaban J connectivity index is 1.51. The maximum absolute atomic E-state index is 12.1. The number of piperazine rings is 1. The number of hydrogen-bond acceptors (Lipinski definition) is 5. The molecule has 1 aliphatic carbocycles. The SMILES string of the molecule is CN(C(=O)CN1CCN(c2ncccc2N)CC1)C1CC1. The fraction of sp³-hybridized carbons (Fsp3) is 0.600. The lowest BCUT2D eigenvalue weighted by Gasteiger charge is -2.36. The average Bonchev–Trinajstić information content (AvgIpc) is 3.32. The van der Waals surface area contributed by atoms with Gasteiger partial charge in [-0.2, -0.15) is 0 Å². The van der Waals surface area contributed by atoms with Gasteiger partial charge in [-0.05, 0) is 25.0 Å². The summed E-state index contributed by atoms with van der Waals surface area (Å²) < 4.78 is 0. The van der Waals surface area contributed by atoms with Gasteiger partial charge >= 0.3 is 0 Å². The Hall–Kier alpha value is -1.82. The zero-order valence-electron chi connectivity index (χ0n) is 12.5. The van der Waals surface area contributed by atoms with Gasteiger partial charge in [0.15, 0.2) is 5.82 Å². The molecule has 2 heterocycles. The van der Waals surface area contributed by atoms with Crippen LogP contribution in [-0.2, 0) is 4.79 Å². The van der Waals surface area contributed by atoms with Crippen LogP contribution in [-0.4, -0.2) is 66.5 Å². The van der Waals surface area contributed by atoms with Crippen molar-refractivity contribution in [2.45, 2.75) is 18.9 Å². The summed E-state index contributed by atoms with van der Waals surface area (Å²) >= 11 is 0. The summed E-state index contributed by atoms with van der Waals surface area (Å²) in [5.41, 5.74) is 6.69. The fourth-order valence-corrected chi connectivity index (χ4v) is 2.76. The molecule has 1 saturated carbocycles. The van der Waals surface area contributed by atoms with Crippen molar-refractivity contribution in [1.29, 1.82) is 0 Å². The van der Waals surface area contributed by atoms with E-state index >= 15 is 0 Å². The standard InChI is InChI=1S/C15H23N5O/c1-18(12-4-5-12)14(21)11-19-7-9-20(10-8-19)15-13(16)3-2-6-17-15/h2-3,6,12H,4-5,7-11,16H2,1H3. The summed E-state index contributed by atoms with van der Waals surface area (Å²) in [6.07, 6.45) is 4.09. The Kier molecular flexibility index (Phi) is 3.96. The topological polar surface area (TPSA) is 65.7 Å². The molecule has 2 fully saturated rings. The molecule has 0 radical (unpaired) electrons. The molecule has 0 aromatic carbocycles. The van der Waals surface area contributed by atoms with Crippen LogP contribution in [0.2, 0.25) is 0 Å². The molecule has 1 aliphatic heterocycles. The van der Waals surface area contributed by atoms with Crippen LogP contribution in [0.15, 0.2) is 18.3 Å². The highest BCUT2D eigenvalue weighted by molar-refractivity contribution is 5.78. The van der Waals surface area contributed by atoms with E-state index in [1.807, 2.05) is 24.1 Å². The van der Waals surface area contributed by atoms with Crippen molar-refractivity contribution in [3.63, 3.8) is 0 Å². The molecule has 114 valence electrons. The highest BCUT2D eigenvalue weighted by Gasteiger charge is 2.30. The second-order valence-corrected chi connectivity index (χ2v) is 5.92. The minimum absolute atomic E-state index is 0.239. The molecule has 0 atom stereocenters. The molecule has 21 heavy (non-hydrogen) atoms. The Labute approximate surface area is 125 Å². The molecule has 1 saturated heterocycles. The van der Waals surface area contributed by atoms with Crippen molar-refractivity contribution >= 4 is 17.4 Å². The molecule has 0 unspecified atom stereocenters. The molecule has 2 aliphatic rings. The lowest BCUT2D eigenvalue weighted by atomic mass is 10.2. The maximum atomic E-state index is 12.1. The van der Waals surface area contributed by atoms with E-state index in [9.17, 15) is 4.79 Å². The van der Waals surface area contributed by atoms with Gasteiger partial charge < -0.3 is 15.5 Å². The minimum atomic E-state index is 0.239. The van der Waals surface area contributed by atoms with E-state index in [1.165, 1.54) is 0 Å². The summed E-state index contributed by atoms with van der Waals surface area (Å²) in [4.78, 5) is 22.8. The van der Waals surface area contributed by atoms with Gasteiger partial charge in [0.1, 0.15) is 0 Å². The summed E-state index contributed by atoms with van der Waals surface area (Å²) in [7, 11) is 1.92. The van der Waals surface area contributed by atoms with E-state index in [4.69, 9.17) is 5.73 Å². The normalized spacial score (nSPS) is 19.6. The van der Waals surface area contributed by atoms with Gasteiger partial charge in [-0.25, -0.2) is 4.98 Å². The first kappa shape index (κ1) is 14.1. The van der Waals surface area contributed by atoms with Crippen molar-refractivity contribution in [3.05, 3.63) is 18.3 Å². The third-order valence-corrected chi connectivity index (χ3v) is 4.34. The molecule has 1 aromatic heterocycles. The van der Waals surface area contributed by atoms with Crippen LogP contribution in [0.5, 0.6) is 0 Å². The second-order valence-electron chi connectivity index (χ2n) is 5.92. The van der Waals surface area contributed by atoms with Gasteiger partial charge in [-0.15, -0.1) is 0 Å². The predicted molar refractivity (Wildman–Crippen MR) is 83.1 cm³/mol. The molecular weight excluding hydrogens is 266 g/mol. The van der Waals surface area contributed by atoms with Crippen molar-refractivity contribution in [2.75, 3.05) is 50.4 Å². The third-order valence-electron chi connectivity index (χ3n) is 4.34. The van der Waals surface area contributed by atoms with Crippen LogP contribution < -0.4 is 10.6 Å². The number of likely N-dealkylation sites (N-methyl/N-ethyl adjacent to an activating group) is 1. The molecule has 6 nitrogen and oxygen atoms in total. The molecule has 0 spiro atoms. The number of carbonyl (C=O) groups excluding carboxylic acids is 1. The zero-order valence-corrected chi connectivity index (χ0v) is 12.5. The first-order valence-electron chi connectivity index (χ1n) is 7.58. The van der Waals surface area contributed by atoms with Gasteiger partial charge in [0.25, 0.3) is 0 Å². The van der Waals surface area contributed by atoms with E-state index in [-0.39, 0.29) is 5.91 Å². The lowest BCUT2D eigenvalue weighted by Crippen LogP contribution is -2.50. The summed E-state index contributed by atoms with van der Waals surface area (Å²) in [5, 5.41) is 0. The summed E-state index contributed by atoms with van der Waals surface area (Å²) in [6, 6.07) is 4.22. The minimum Gasteiger partial charge on any atom is -0.396 e. The fourth-order valence-electron chi connectivity index (χ4n) is 2.76. The number of hydrogen-bond donors (Lipinski definition) is 1. The first-order chi connectivity index (χ1) is 10.1. The van der Waals surface area contributed by atoms with E-state index in [1.54, 1.807) is 6.20 Å². The Morgan fingerprint density at radius 2 is 2.10 bits per heavy atom. The van der Waals surface area contributed by atoms with Gasteiger partial charge in [-0.3, -0.25) is 9.69 Å². The molecule has 3 rings (SSSR count). The number of pyridine rings is 1. The Bertz CT molecular complexity index is 509. The van der Waals surface area contributed by atoms with Gasteiger partial charge in [0, 0.05) is 45.5 Å². The van der Waals surface area contributed by atoms with Gasteiger partial charge in [-0.1, -0.05) is 0 Å². The number of carbonyl (C=O) groups is 1. The molecule has 2 N–H and O–H groups in total. The number of nitrogens with two attached hydrogens (primary N) is 1. The summed E-state index contributed by atoms with van der Waals surface area (Å²) in [5.74, 6) is 1.10. The van der Waals surface area contributed by atoms with Crippen LogP contribution in [0, 0.1) is 0 Å². The predicted octanol–water partition coefficient (Wildman–Crippen LogP) is 0.407. The lowest BCUT2D eigenvalue weighted by molar-refractivity contribution is -0.131. The highest BCUT2D eigenvalue weighted by atomic mass is 16.2. The third kappa shape index (κ3) is 3.26. The number of rotatable bonds is 4. The number of nitrogens with zero attached hydrogens (tertiary/aromatic N) is 4. The van der Waals surface area contributed by atoms with E-state index in [2.05, 4.69) is 14.8 Å². The molecule has 1 aromatic rings. The number of nitrogen functional groups attached to an aromatic ring is 1. The highest BCUT2D eigenvalue weighted by Crippen LogP contribution is 2.25. The van der Waals surface area contributed by atoms with Crippen molar-refractivity contribution < 1.29 is 4.79 Å². The first-order valence-corrected chi connectivity index (χ1v) is 7.58. The van der Waals surface area contributed by atoms with Crippen LogP contribution in [0.25, 0.3) is 0 Å². The number of anilines is 2. The average molecular weight is 289 g/mol. The Morgan fingerprint density at radius 1 is 1.38 bits per heavy atom. The van der Waals surface area contributed by atoms with Gasteiger partial charge in [0.2, 0.25) is 5.91 Å². The van der Waals surface area contributed by atoms with Crippen LogP contribution in [0.4, 0.5) is 11.5 Å².